The highest BCUT2D eigenvalue weighted by molar-refractivity contribution is 7.79. The van der Waals surface area contributed by atoms with Crippen LogP contribution >= 0.6 is 0 Å². The summed E-state index contributed by atoms with van der Waals surface area (Å²) in [7, 11) is 1.76. The topological polar surface area (TPSA) is 57.0 Å². The van der Waals surface area contributed by atoms with Gasteiger partial charge in [-0.1, -0.05) is 18.2 Å². The number of alkyl halides is 3. The summed E-state index contributed by atoms with van der Waals surface area (Å²) in [6, 6.07) is 5.50. The Bertz CT molecular complexity index is 917. The van der Waals surface area contributed by atoms with Gasteiger partial charge in [-0.15, -0.1) is 10.2 Å². The van der Waals surface area contributed by atoms with E-state index in [0.29, 0.717) is 6.61 Å². The van der Waals surface area contributed by atoms with E-state index in [2.05, 4.69) is 10.2 Å². The van der Waals surface area contributed by atoms with Gasteiger partial charge in [0.05, 0.1) is 12.2 Å². The number of nitrogens with zero attached hydrogens (tertiary/aromatic N) is 3. The molecule has 1 atom stereocenters. The fourth-order valence-corrected chi connectivity index (χ4v) is 5.39. The van der Waals surface area contributed by atoms with Crippen molar-refractivity contribution < 1.29 is 21.6 Å². The Labute approximate surface area is 170 Å². The Kier molecular flexibility index (Phi) is 5.09. The molecule has 2 aromatic rings. The monoisotopic (exact) mass is 427 g/mol. The summed E-state index contributed by atoms with van der Waals surface area (Å²) in [6.45, 7) is 0.495. The number of hydrogen-bond acceptors (Lipinski definition) is 4. The summed E-state index contributed by atoms with van der Waals surface area (Å²) < 4.78 is 58.8. The molecule has 3 aliphatic carbocycles. The molecule has 3 saturated carbocycles. The van der Waals surface area contributed by atoms with Gasteiger partial charge in [-0.05, 0) is 50.0 Å². The maximum Gasteiger partial charge on any atom is 0.417 e. The second-order valence-corrected chi connectivity index (χ2v) is 9.43. The Morgan fingerprint density at radius 3 is 2.31 bits per heavy atom. The first-order valence-corrected chi connectivity index (χ1v) is 11.2. The highest BCUT2D eigenvalue weighted by Gasteiger charge is 2.52. The van der Waals surface area contributed by atoms with E-state index in [1.54, 1.807) is 17.7 Å². The normalized spacial score (nSPS) is 27.9. The van der Waals surface area contributed by atoms with Crippen molar-refractivity contribution >= 4 is 11.1 Å². The van der Waals surface area contributed by atoms with Crippen LogP contribution in [-0.2, 0) is 33.9 Å². The van der Waals surface area contributed by atoms with Crippen LogP contribution in [0.2, 0.25) is 0 Å². The molecule has 5 rings (SSSR count). The molecule has 0 spiro atoms. The maximum absolute atomic E-state index is 13.5. The van der Waals surface area contributed by atoms with Gasteiger partial charge in [-0.2, -0.15) is 13.2 Å². The van der Waals surface area contributed by atoms with E-state index in [0.717, 1.165) is 50.4 Å². The zero-order valence-electron chi connectivity index (χ0n) is 16.5. The van der Waals surface area contributed by atoms with Crippen LogP contribution in [0.15, 0.2) is 24.3 Å². The van der Waals surface area contributed by atoms with Crippen LogP contribution in [0.25, 0.3) is 11.4 Å². The lowest BCUT2D eigenvalue weighted by atomic mass is 9.53. The Hall–Kier alpha value is -1.74. The first-order valence-electron chi connectivity index (χ1n) is 9.69. The number of halogens is 3. The minimum atomic E-state index is -4.45. The smallest absolute Gasteiger partial charge is 0.314 e. The first-order chi connectivity index (χ1) is 13.7. The highest BCUT2D eigenvalue weighted by atomic mass is 32.2. The summed E-state index contributed by atoms with van der Waals surface area (Å²) in [4.78, 5) is 0. The molecule has 1 heterocycles. The van der Waals surface area contributed by atoms with Gasteiger partial charge in [0, 0.05) is 24.3 Å². The Morgan fingerprint density at radius 1 is 1.10 bits per heavy atom. The first kappa shape index (κ1) is 20.5. The third kappa shape index (κ3) is 3.63. The number of fused-ring (bicyclic) bond motifs is 3. The molecule has 158 valence electrons. The molecule has 1 aromatic carbocycles. The minimum Gasteiger partial charge on any atom is -0.314 e. The van der Waals surface area contributed by atoms with Crippen LogP contribution in [0.4, 0.5) is 13.2 Å². The van der Waals surface area contributed by atoms with Crippen LogP contribution in [0.3, 0.4) is 0 Å². The third-order valence-corrected chi connectivity index (χ3v) is 7.21. The average Bonchev–Trinajstić information content (AvgIpc) is 3.09. The second kappa shape index (κ2) is 7.19. The van der Waals surface area contributed by atoms with Crippen LogP contribution in [0, 0.1) is 5.41 Å². The minimum absolute atomic E-state index is 0.0532. The summed E-state index contributed by atoms with van der Waals surface area (Å²) in [5.41, 5.74) is -0.758. The number of benzene rings is 1. The van der Waals surface area contributed by atoms with E-state index in [4.69, 9.17) is 4.18 Å². The van der Waals surface area contributed by atoms with Gasteiger partial charge >= 0.3 is 6.18 Å². The molecule has 0 amide bonds. The van der Waals surface area contributed by atoms with Crippen molar-refractivity contribution in [2.75, 3.05) is 12.9 Å². The van der Waals surface area contributed by atoms with E-state index < -0.39 is 22.8 Å². The lowest BCUT2D eigenvalue weighted by Gasteiger charge is -2.52. The zero-order chi connectivity index (χ0) is 20.9. The summed E-state index contributed by atoms with van der Waals surface area (Å²) in [6.07, 6.45) is 2.56. The van der Waals surface area contributed by atoms with E-state index in [1.807, 2.05) is 0 Å². The van der Waals surface area contributed by atoms with Crippen LogP contribution in [0.5, 0.6) is 0 Å². The molecule has 1 unspecified atom stereocenters. The number of rotatable bonds is 5. The average molecular weight is 427 g/mol. The molecule has 0 radical (unpaired) electrons. The van der Waals surface area contributed by atoms with Gasteiger partial charge in [0.25, 0.3) is 0 Å². The predicted molar refractivity (Wildman–Crippen MR) is 103 cm³/mol. The van der Waals surface area contributed by atoms with Gasteiger partial charge in [0.15, 0.2) is 16.9 Å². The second-order valence-electron chi connectivity index (χ2n) is 8.39. The fraction of sp³-hybridized carbons (Fsp3) is 0.600. The molecule has 2 bridgehead atoms. The maximum atomic E-state index is 13.5. The molecule has 3 fully saturated rings. The zero-order valence-corrected chi connectivity index (χ0v) is 17.3. The summed E-state index contributed by atoms with van der Waals surface area (Å²) in [5.74, 6) is 1.01. The van der Waals surface area contributed by atoms with E-state index in [1.165, 1.54) is 18.4 Å². The van der Waals surface area contributed by atoms with Crippen molar-refractivity contribution in [3.8, 4) is 11.4 Å². The van der Waals surface area contributed by atoms with E-state index in [9.17, 15) is 17.4 Å². The summed E-state index contributed by atoms with van der Waals surface area (Å²) in [5, 5.41) is 8.54. The van der Waals surface area contributed by atoms with Gasteiger partial charge in [0.2, 0.25) is 0 Å². The Morgan fingerprint density at radius 2 is 1.72 bits per heavy atom. The molecule has 3 aliphatic rings. The van der Waals surface area contributed by atoms with Crippen molar-refractivity contribution in [3.05, 3.63) is 35.7 Å². The highest BCUT2D eigenvalue weighted by Crippen LogP contribution is 2.57. The molecule has 9 heteroatoms. The molecule has 5 nitrogen and oxygen atoms in total. The van der Waals surface area contributed by atoms with Gasteiger partial charge in [0.1, 0.15) is 5.82 Å². The third-order valence-electron chi connectivity index (χ3n) is 6.76. The Balaban J connectivity index is 1.63. The largest absolute Gasteiger partial charge is 0.417 e. The van der Waals surface area contributed by atoms with E-state index >= 15 is 0 Å². The van der Waals surface area contributed by atoms with E-state index in [-0.39, 0.29) is 22.2 Å². The lowest BCUT2D eigenvalue weighted by molar-refractivity contribution is -0.137. The predicted octanol–water partition coefficient (Wildman–Crippen LogP) is 4.40. The lowest BCUT2D eigenvalue weighted by Crippen LogP contribution is -2.47. The van der Waals surface area contributed by atoms with Crippen molar-refractivity contribution in [3.63, 3.8) is 0 Å². The standard InChI is InChI=1S/C20H24F3N3O2S/c1-26-16(14-5-3-4-6-15(14)20(21,22)23)24-25-17(26)19-10-7-18(8-11-19,9-12-19)13-28-29(2)27/h3-6H,7-13H2,1-2H3. The molecule has 1 aromatic heterocycles. The molecule has 0 aliphatic heterocycles. The molecule has 0 N–H and O–H groups in total. The van der Waals surface area contributed by atoms with Crippen molar-refractivity contribution in [2.45, 2.75) is 50.1 Å². The van der Waals surface area contributed by atoms with Crippen LogP contribution in [0.1, 0.15) is 49.9 Å². The fourth-order valence-electron chi connectivity index (χ4n) is 4.97. The summed E-state index contributed by atoms with van der Waals surface area (Å²) >= 11 is -1.27. The van der Waals surface area contributed by atoms with Gasteiger partial charge < -0.3 is 4.57 Å². The van der Waals surface area contributed by atoms with Gasteiger partial charge in [-0.25, -0.2) is 4.21 Å². The molecular formula is C20H24F3N3O2S. The SMILES string of the molecule is Cn1c(-c2ccccc2C(F)(F)F)nnc1C12CCC(COS(C)=O)(CC1)CC2. The molecular weight excluding hydrogens is 403 g/mol. The molecule has 0 saturated heterocycles. The number of aromatic nitrogens is 3. The van der Waals surface area contributed by atoms with Crippen molar-refractivity contribution in [1.82, 2.24) is 14.8 Å². The number of hydrogen-bond donors (Lipinski definition) is 0. The quantitative estimate of drug-likeness (QED) is 0.710. The van der Waals surface area contributed by atoms with Gasteiger partial charge in [-0.3, -0.25) is 4.18 Å². The van der Waals surface area contributed by atoms with Crippen molar-refractivity contribution in [1.29, 1.82) is 0 Å². The van der Waals surface area contributed by atoms with Crippen molar-refractivity contribution in [2.24, 2.45) is 12.5 Å². The van der Waals surface area contributed by atoms with Crippen LogP contribution in [-0.4, -0.2) is 31.8 Å². The molecule has 29 heavy (non-hydrogen) atoms. The van der Waals surface area contributed by atoms with Crippen LogP contribution < -0.4 is 0 Å².